The fourth-order valence-electron chi connectivity index (χ4n) is 1.71. The van der Waals surface area contributed by atoms with Gasteiger partial charge < -0.3 is 15.3 Å². The second kappa shape index (κ2) is 3.67. The van der Waals surface area contributed by atoms with E-state index >= 15 is 0 Å². The Kier molecular flexibility index (Phi) is 2.55. The first kappa shape index (κ1) is 9.02. The summed E-state index contributed by atoms with van der Waals surface area (Å²) in [7, 11) is 0. The average molecular weight is 246 g/mol. The van der Waals surface area contributed by atoms with Gasteiger partial charge in [0.2, 0.25) is 0 Å². The second-order valence-corrected chi connectivity index (χ2v) is 4.10. The lowest BCUT2D eigenvalue weighted by atomic mass is 10.0. The fourth-order valence-corrected chi connectivity index (χ4v) is 2.27. The Balaban J connectivity index is 2.23. The van der Waals surface area contributed by atoms with Crippen molar-refractivity contribution in [3.63, 3.8) is 0 Å². The average Bonchev–Trinajstić information content (AvgIpc) is 2.47. The number of aromatic nitrogens is 2. The summed E-state index contributed by atoms with van der Waals surface area (Å²) >= 11 is 3.33. The Labute approximate surface area is 84.3 Å². The second-order valence-electron chi connectivity index (χ2n) is 3.31. The van der Waals surface area contributed by atoms with Crippen molar-refractivity contribution in [2.75, 3.05) is 6.54 Å². The van der Waals surface area contributed by atoms with Gasteiger partial charge in [0.15, 0.2) is 0 Å². The van der Waals surface area contributed by atoms with Gasteiger partial charge >= 0.3 is 5.69 Å². The van der Waals surface area contributed by atoms with Gasteiger partial charge in [0, 0.05) is 0 Å². The molecule has 0 radical (unpaired) electrons. The van der Waals surface area contributed by atoms with Crippen LogP contribution in [-0.2, 0) is 0 Å². The molecule has 2 heterocycles. The third-order valence-corrected chi connectivity index (χ3v) is 2.99. The van der Waals surface area contributed by atoms with Gasteiger partial charge in [0.05, 0.1) is 11.7 Å². The van der Waals surface area contributed by atoms with E-state index in [4.69, 9.17) is 0 Å². The molecule has 0 spiro atoms. The van der Waals surface area contributed by atoms with Gasteiger partial charge in [-0.15, -0.1) is 0 Å². The van der Waals surface area contributed by atoms with Crippen LogP contribution in [0.1, 0.15) is 31.0 Å². The van der Waals surface area contributed by atoms with E-state index in [1.165, 1.54) is 12.8 Å². The third-order valence-electron chi connectivity index (χ3n) is 2.37. The highest BCUT2D eigenvalue weighted by molar-refractivity contribution is 9.10. The molecule has 13 heavy (non-hydrogen) atoms. The van der Waals surface area contributed by atoms with Crippen LogP contribution < -0.4 is 11.0 Å². The molecule has 1 saturated heterocycles. The number of piperidine rings is 1. The summed E-state index contributed by atoms with van der Waals surface area (Å²) in [6.07, 6.45) is 3.53. The van der Waals surface area contributed by atoms with Gasteiger partial charge in [0.1, 0.15) is 4.60 Å². The van der Waals surface area contributed by atoms with E-state index in [1.807, 2.05) is 0 Å². The summed E-state index contributed by atoms with van der Waals surface area (Å²) in [6, 6.07) is 0.294. The highest BCUT2D eigenvalue weighted by Crippen LogP contribution is 2.24. The van der Waals surface area contributed by atoms with Crippen LogP contribution in [0, 0.1) is 0 Å². The zero-order valence-electron chi connectivity index (χ0n) is 7.19. The highest BCUT2D eigenvalue weighted by Gasteiger charge is 2.18. The molecule has 0 amide bonds. The van der Waals surface area contributed by atoms with Gasteiger partial charge in [-0.05, 0) is 35.3 Å². The highest BCUT2D eigenvalue weighted by atomic mass is 79.9. The molecule has 0 saturated carbocycles. The van der Waals surface area contributed by atoms with Gasteiger partial charge in [-0.2, -0.15) is 0 Å². The molecule has 1 aliphatic heterocycles. The number of hydrogen-bond acceptors (Lipinski definition) is 2. The zero-order valence-corrected chi connectivity index (χ0v) is 8.78. The molecular weight excluding hydrogens is 234 g/mol. The normalized spacial score (nSPS) is 23.3. The third kappa shape index (κ3) is 1.86. The van der Waals surface area contributed by atoms with Crippen LogP contribution in [0.2, 0.25) is 0 Å². The molecule has 3 N–H and O–H groups in total. The summed E-state index contributed by atoms with van der Waals surface area (Å²) in [5, 5.41) is 3.37. The molecule has 0 bridgehead atoms. The standard InChI is InChI=1S/C8H12BrN3O/c9-7-6(11-8(13)12-7)5-3-1-2-4-10-5/h5,10H,1-4H2,(H2,11,12,13). The SMILES string of the molecule is O=c1[nH]c(Br)c(C2CCCCN2)[nH]1. The lowest BCUT2D eigenvalue weighted by Gasteiger charge is -2.22. The largest absolute Gasteiger partial charge is 0.324 e. The number of H-pyrrole nitrogens is 2. The van der Waals surface area contributed by atoms with Crippen molar-refractivity contribution < 1.29 is 0 Å². The minimum atomic E-state index is -0.144. The van der Waals surface area contributed by atoms with Crippen molar-refractivity contribution in [2.24, 2.45) is 0 Å². The number of halogens is 1. The smallest absolute Gasteiger partial charge is 0.309 e. The summed E-state index contributed by atoms with van der Waals surface area (Å²) in [6.45, 7) is 1.03. The molecular formula is C8H12BrN3O. The van der Waals surface area contributed by atoms with Crippen molar-refractivity contribution in [1.82, 2.24) is 15.3 Å². The minimum absolute atomic E-state index is 0.144. The fraction of sp³-hybridized carbons (Fsp3) is 0.625. The van der Waals surface area contributed by atoms with E-state index < -0.39 is 0 Å². The Hall–Kier alpha value is -0.550. The zero-order chi connectivity index (χ0) is 9.26. The first-order valence-corrected chi connectivity index (χ1v) is 5.28. The Morgan fingerprint density at radius 1 is 1.31 bits per heavy atom. The first-order valence-electron chi connectivity index (χ1n) is 4.48. The van der Waals surface area contributed by atoms with Crippen molar-refractivity contribution in [1.29, 1.82) is 0 Å². The number of imidazole rings is 1. The van der Waals surface area contributed by atoms with Crippen molar-refractivity contribution in [3.8, 4) is 0 Å². The van der Waals surface area contributed by atoms with Crippen LogP contribution in [0.15, 0.2) is 9.40 Å². The maximum absolute atomic E-state index is 11.0. The molecule has 2 rings (SSSR count). The quantitative estimate of drug-likeness (QED) is 0.699. The summed E-state index contributed by atoms with van der Waals surface area (Å²) in [5.41, 5.74) is 0.805. The number of rotatable bonds is 1. The lowest BCUT2D eigenvalue weighted by molar-refractivity contribution is 0.405. The molecule has 72 valence electrons. The predicted octanol–water partition coefficient (Wildman–Crippen LogP) is 1.28. The maximum Gasteiger partial charge on any atom is 0.324 e. The van der Waals surface area contributed by atoms with E-state index in [1.54, 1.807) is 0 Å². The summed E-state index contributed by atoms with van der Waals surface area (Å²) < 4.78 is 0.775. The van der Waals surface area contributed by atoms with Crippen LogP contribution in [0.25, 0.3) is 0 Å². The van der Waals surface area contributed by atoms with E-state index in [0.29, 0.717) is 6.04 Å². The monoisotopic (exact) mass is 245 g/mol. The number of hydrogen-bond donors (Lipinski definition) is 3. The molecule has 1 unspecified atom stereocenters. The lowest BCUT2D eigenvalue weighted by Crippen LogP contribution is -2.27. The van der Waals surface area contributed by atoms with Gasteiger partial charge in [-0.1, -0.05) is 6.42 Å². The molecule has 0 aromatic carbocycles. The van der Waals surface area contributed by atoms with Crippen molar-refractivity contribution in [3.05, 3.63) is 20.8 Å². The molecule has 1 fully saturated rings. The van der Waals surface area contributed by atoms with E-state index in [-0.39, 0.29) is 5.69 Å². The molecule has 1 aromatic heterocycles. The molecule has 1 aromatic rings. The van der Waals surface area contributed by atoms with E-state index in [9.17, 15) is 4.79 Å². The first-order chi connectivity index (χ1) is 6.27. The molecule has 0 aliphatic carbocycles. The predicted molar refractivity (Wildman–Crippen MR) is 53.7 cm³/mol. The number of nitrogens with one attached hydrogen (secondary N) is 3. The van der Waals surface area contributed by atoms with Gasteiger partial charge in [-0.3, -0.25) is 0 Å². The van der Waals surface area contributed by atoms with Crippen LogP contribution in [0.3, 0.4) is 0 Å². The van der Waals surface area contributed by atoms with Gasteiger partial charge in [0.25, 0.3) is 0 Å². The maximum atomic E-state index is 11.0. The van der Waals surface area contributed by atoms with Crippen LogP contribution in [0.5, 0.6) is 0 Å². The van der Waals surface area contributed by atoms with Crippen LogP contribution in [0.4, 0.5) is 0 Å². The van der Waals surface area contributed by atoms with Crippen molar-refractivity contribution in [2.45, 2.75) is 25.3 Å². The Bertz CT molecular complexity index is 337. The minimum Gasteiger partial charge on any atom is -0.309 e. The van der Waals surface area contributed by atoms with Gasteiger partial charge in [-0.25, -0.2) is 4.79 Å². The van der Waals surface area contributed by atoms with E-state index in [0.717, 1.165) is 23.3 Å². The molecule has 1 atom stereocenters. The Morgan fingerprint density at radius 2 is 2.15 bits per heavy atom. The van der Waals surface area contributed by atoms with E-state index in [2.05, 4.69) is 31.2 Å². The summed E-state index contributed by atoms with van der Waals surface area (Å²) in [5.74, 6) is 0. The van der Waals surface area contributed by atoms with Crippen LogP contribution >= 0.6 is 15.9 Å². The molecule has 1 aliphatic rings. The number of aromatic amines is 2. The topological polar surface area (TPSA) is 60.7 Å². The molecule has 4 nitrogen and oxygen atoms in total. The molecule has 5 heteroatoms. The van der Waals surface area contributed by atoms with Crippen molar-refractivity contribution >= 4 is 15.9 Å². The van der Waals surface area contributed by atoms with Crippen LogP contribution in [-0.4, -0.2) is 16.5 Å². The Morgan fingerprint density at radius 3 is 2.69 bits per heavy atom. The summed E-state index contributed by atoms with van der Waals surface area (Å²) in [4.78, 5) is 16.4.